The van der Waals surface area contributed by atoms with Gasteiger partial charge in [0.1, 0.15) is 5.78 Å². The van der Waals surface area contributed by atoms with Crippen LogP contribution in [0, 0.1) is 0 Å². The van der Waals surface area contributed by atoms with Gasteiger partial charge in [-0.15, -0.1) is 0 Å². The van der Waals surface area contributed by atoms with Crippen molar-refractivity contribution in [3.05, 3.63) is 58.1 Å². The van der Waals surface area contributed by atoms with Crippen LogP contribution in [0.3, 0.4) is 0 Å². The Morgan fingerprint density at radius 2 is 1.71 bits per heavy atom. The number of para-hydroxylation sites is 2. The number of ketones is 1. The molecule has 0 saturated heterocycles. The van der Waals surface area contributed by atoms with Crippen molar-refractivity contribution in [3.63, 3.8) is 0 Å². The largest absolute Gasteiger partial charge is 0.465 e. The first-order chi connectivity index (χ1) is 13.5. The van der Waals surface area contributed by atoms with E-state index in [0.717, 1.165) is 11.3 Å². The van der Waals surface area contributed by atoms with Gasteiger partial charge in [-0.1, -0.05) is 47.5 Å². The maximum atomic E-state index is 12.2. The van der Waals surface area contributed by atoms with Crippen LogP contribution in [0.5, 0.6) is 0 Å². The van der Waals surface area contributed by atoms with Crippen molar-refractivity contribution < 1.29 is 14.3 Å². The standard InChI is InChI=1S/C21H24Cl2N2O3/c1-24-14-16(26)8-4-5-12-28-20(27)13-15-7-2-3-11-19(15)25-21-17(22)9-6-10-18(21)23/h2-3,6-7,9-11,24-25H,4-5,8,12-14H2,1H3. The zero-order valence-corrected chi connectivity index (χ0v) is 17.3. The molecule has 2 aromatic carbocycles. The van der Waals surface area contributed by atoms with Crippen LogP contribution in [0.2, 0.25) is 10.0 Å². The summed E-state index contributed by atoms with van der Waals surface area (Å²) in [5.74, 6) is -0.159. The molecule has 0 aliphatic heterocycles. The van der Waals surface area contributed by atoms with Crippen LogP contribution >= 0.6 is 23.2 Å². The molecule has 2 rings (SSSR count). The molecule has 0 unspecified atom stereocenters. The number of rotatable bonds is 11. The fraction of sp³-hybridized carbons (Fsp3) is 0.333. The minimum atomic E-state index is -0.318. The zero-order valence-electron chi connectivity index (χ0n) is 15.8. The second kappa shape index (κ2) is 11.7. The summed E-state index contributed by atoms with van der Waals surface area (Å²) in [5, 5.41) is 7.02. The molecule has 0 bridgehead atoms. The van der Waals surface area contributed by atoms with Gasteiger partial charge >= 0.3 is 5.97 Å². The summed E-state index contributed by atoms with van der Waals surface area (Å²) in [6.45, 7) is 0.677. The molecule has 0 radical (unpaired) electrons. The van der Waals surface area contributed by atoms with E-state index in [1.165, 1.54) is 0 Å². The van der Waals surface area contributed by atoms with Gasteiger partial charge in [0.2, 0.25) is 0 Å². The van der Waals surface area contributed by atoms with Gasteiger partial charge in [0.05, 0.1) is 35.3 Å². The van der Waals surface area contributed by atoms with Gasteiger partial charge in [-0.3, -0.25) is 9.59 Å². The van der Waals surface area contributed by atoms with Crippen LogP contribution in [-0.4, -0.2) is 32.0 Å². The number of hydrogen-bond donors (Lipinski definition) is 2. The van der Waals surface area contributed by atoms with Gasteiger partial charge in [-0.25, -0.2) is 0 Å². The van der Waals surface area contributed by atoms with Crippen molar-refractivity contribution >= 4 is 46.3 Å². The minimum Gasteiger partial charge on any atom is -0.465 e. The molecular weight excluding hydrogens is 399 g/mol. The number of anilines is 2. The number of hydrogen-bond acceptors (Lipinski definition) is 5. The highest BCUT2D eigenvalue weighted by Gasteiger charge is 2.12. The first-order valence-corrected chi connectivity index (χ1v) is 9.87. The first kappa shape index (κ1) is 22.2. The van der Waals surface area contributed by atoms with Gasteiger partial charge < -0.3 is 15.4 Å². The Kier molecular flexibility index (Phi) is 9.28. The highest BCUT2D eigenvalue weighted by Crippen LogP contribution is 2.33. The van der Waals surface area contributed by atoms with Crippen LogP contribution in [0.4, 0.5) is 11.4 Å². The summed E-state index contributed by atoms with van der Waals surface area (Å²) in [7, 11) is 1.74. The van der Waals surface area contributed by atoms with Gasteiger partial charge in [-0.2, -0.15) is 0 Å². The monoisotopic (exact) mass is 422 g/mol. The number of ether oxygens (including phenoxy) is 1. The van der Waals surface area contributed by atoms with E-state index in [2.05, 4.69) is 10.6 Å². The first-order valence-electron chi connectivity index (χ1n) is 9.12. The van der Waals surface area contributed by atoms with Crippen molar-refractivity contribution in [3.8, 4) is 0 Å². The summed E-state index contributed by atoms with van der Waals surface area (Å²) < 4.78 is 5.29. The summed E-state index contributed by atoms with van der Waals surface area (Å²) in [5.41, 5.74) is 2.12. The summed E-state index contributed by atoms with van der Waals surface area (Å²) in [6, 6.07) is 12.7. The number of likely N-dealkylation sites (N-methyl/N-ethyl adjacent to an activating group) is 1. The van der Waals surface area contributed by atoms with Crippen LogP contribution in [0.15, 0.2) is 42.5 Å². The molecule has 0 atom stereocenters. The maximum Gasteiger partial charge on any atom is 0.310 e. The van der Waals surface area contributed by atoms with Crippen LogP contribution in [-0.2, 0) is 20.7 Å². The maximum absolute atomic E-state index is 12.2. The Morgan fingerprint density at radius 3 is 2.43 bits per heavy atom. The molecule has 0 aromatic heterocycles. The average molecular weight is 423 g/mol. The zero-order chi connectivity index (χ0) is 20.4. The van der Waals surface area contributed by atoms with E-state index in [-0.39, 0.29) is 18.2 Å². The predicted octanol–water partition coefficient (Wildman–Crippen LogP) is 4.78. The smallest absolute Gasteiger partial charge is 0.310 e. The molecular formula is C21H24Cl2N2O3. The van der Waals surface area contributed by atoms with Crippen LogP contribution in [0.25, 0.3) is 0 Å². The fourth-order valence-electron chi connectivity index (χ4n) is 2.65. The van der Waals surface area contributed by atoms with Gasteiger partial charge in [0, 0.05) is 12.1 Å². The van der Waals surface area contributed by atoms with Crippen LogP contribution in [0.1, 0.15) is 24.8 Å². The topological polar surface area (TPSA) is 67.4 Å². The van der Waals surface area contributed by atoms with E-state index in [1.807, 2.05) is 24.3 Å². The molecule has 0 saturated carbocycles. The Labute approximate surface area is 175 Å². The SMILES string of the molecule is CNCC(=O)CCCCOC(=O)Cc1ccccc1Nc1c(Cl)cccc1Cl. The number of carbonyl (C=O) groups is 2. The molecule has 150 valence electrons. The second-order valence-corrected chi connectivity index (χ2v) is 7.12. The minimum absolute atomic E-state index is 0.129. The number of carbonyl (C=O) groups excluding carboxylic acids is 2. The number of unbranched alkanes of at least 4 members (excludes halogenated alkanes) is 1. The third-order valence-electron chi connectivity index (χ3n) is 4.06. The van der Waals surface area contributed by atoms with Gasteiger partial charge in [-0.05, 0) is 43.7 Å². The molecule has 0 spiro atoms. The summed E-state index contributed by atoms with van der Waals surface area (Å²) in [4.78, 5) is 23.6. The molecule has 28 heavy (non-hydrogen) atoms. The Hall–Kier alpha value is -2.08. The Balaban J connectivity index is 1.87. The van der Waals surface area contributed by atoms with Gasteiger partial charge in [0.15, 0.2) is 0 Å². The van der Waals surface area contributed by atoms with E-state index >= 15 is 0 Å². The quantitative estimate of drug-likeness (QED) is 0.402. The van der Waals surface area contributed by atoms with E-state index < -0.39 is 0 Å². The van der Waals surface area contributed by atoms with Crippen molar-refractivity contribution in [1.29, 1.82) is 0 Å². The molecule has 0 fully saturated rings. The molecule has 0 amide bonds. The highest BCUT2D eigenvalue weighted by atomic mass is 35.5. The Bertz CT molecular complexity index is 792. The lowest BCUT2D eigenvalue weighted by molar-refractivity contribution is -0.142. The van der Waals surface area contributed by atoms with Crippen molar-refractivity contribution in [2.75, 3.05) is 25.5 Å². The van der Waals surface area contributed by atoms with Gasteiger partial charge in [0.25, 0.3) is 0 Å². The third-order valence-corrected chi connectivity index (χ3v) is 4.69. The third kappa shape index (κ3) is 7.15. The number of halogens is 2. The number of Topliss-reactive ketones (excluding diaryl/α,β-unsaturated/α-hetero) is 1. The molecule has 5 nitrogen and oxygen atoms in total. The average Bonchev–Trinajstić information content (AvgIpc) is 2.66. The van der Waals surface area contributed by atoms with Crippen molar-refractivity contribution in [2.45, 2.75) is 25.7 Å². The Morgan fingerprint density at radius 1 is 1.00 bits per heavy atom. The van der Waals surface area contributed by atoms with E-state index in [0.29, 0.717) is 48.1 Å². The molecule has 7 heteroatoms. The predicted molar refractivity (Wildman–Crippen MR) is 114 cm³/mol. The molecule has 0 aliphatic carbocycles. The molecule has 2 aromatic rings. The summed E-state index contributed by atoms with van der Waals surface area (Å²) >= 11 is 12.4. The second-order valence-electron chi connectivity index (χ2n) is 6.30. The van der Waals surface area contributed by atoms with E-state index in [9.17, 15) is 9.59 Å². The fourth-order valence-corrected chi connectivity index (χ4v) is 3.14. The van der Waals surface area contributed by atoms with E-state index in [1.54, 1.807) is 25.2 Å². The van der Waals surface area contributed by atoms with Crippen LogP contribution < -0.4 is 10.6 Å². The lowest BCUT2D eigenvalue weighted by Gasteiger charge is -2.14. The number of benzene rings is 2. The lowest BCUT2D eigenvalue weighted by Crippen LogP contribution is -2.18. The molecule has 0 heterocycles. The van der Waals surface area contributed by atoms with E-state index in [4.69, 9.17) is 27.9 Å². The summed E-state index contributed by atoms with van der Waals surface area (Å²) in [6.07, 6.45) is 1.99. The number of nitrogens with one attached hydrogen (secondary N) is 2. The number of esters is 1. The van der Waals surface area contributed by atoms with Crippen molar-refractivity contribution in [2.24, 2.45) is 0 Å². The lowest BCUT2D eigenvalue weighted by atomic mass is 10.1. The van der Waals surface area contributed by atoms with Crippen molar-refractivity contribution in [1.82, 2.24) is 5.32 Å². The molecule has 0 aliphatic rings. The normalized spacial score (nSPS) is 10.5. The molecule has 2 N–H and O–H groups in total. The highest BCUT2D eigenvalue weighted by molar-refractivity contribution is 6.39.